The van der Waals surface area contributed by atoms with Crippen molar-refractivity contribution < 1.29 is 0 Å². The summed E-state index contributed by atoms with van der Waals surface area (Å²) in [5, 5.41) is 1.37. The molecule has 2 heteroatoms. The first-order chi connectivity index (χ1) is 10.4. The van der Waals surface area contributed by atoms with Crippen molar-refractivity contribution in [3.05, 3.63) is 30.3 Å². The van der Waals surface area contributed by atoms with E-state index in [0.717, 1.165) is 0 Å². The second-order valence-electron chi connectivity index (χ2n) is 7.47. The average Bonchev–Trinajstić information content (AvgIpc) is 2.50. The summed E-state index contributed by atoms with van der Waals surface area (Å²) < 4.78 is 0. The van der Waals surface area contributed by atoms with Gasteiger partial charge in [0.15, 0.2) is 0 Å². The van der Waals surface area contributed by atoms with Crippen LogP contribution in [0.4, 0.5) is 0 Å². The molecule has 0 bridgehead atoms. The van der Waals surface area contributed by atoms with Crippen molar-refractivity contribution in [3.8, 4) is 0 Å². The minimum absolute atomic E-state index is 1.17. The molecule has 0 heterocycles. The first-order valence-corrected chi connectivity index (χ1v) is 13.4. The van der Waals surface area contributed by atoms with Crippen molar-refractivity contribution in [2.45, 2.75) is 71.1 Å². The fourth-order valence-electron chi connectivity index (χ4n) is 3.07. The summed E-state index contributed by atoms with van der Waals surface area (Å²) >= 11 is 7.06. The molecule has 0 amide bonds. The Kier molecular flexibility index (Phi) is 9.03. The molecule has 0 aromatic heterocycles. The summed E-state index contributed by atoms with van der Waals surface area (Å²) in [5.41, 5.74) is 0. The van der Waals surface area contributed by atoms with E-state index < -0.39 is 5.96 Å². The Balaban J connectivity index is 2.13. The van der Waals surface area contributed by atoms with E-state index in [4.69, 9.17) is 11.2 Å². The van der Waals surface area contributed by atoms with Crippen LogP contribution in [0.25, 0.3) is 0 Å². The molecule has 1 aromatic rings. The third kappa shape index (κ3) is 7.98. The second-order valence-corrected chi connectivity index (χ2v) is 16.1. The van der Waals surface area contributed by atoms with Gasteiger partial charge in [0.05, 0.1) is 0 Å². The molecular formula is C20H36ClP. The molecule has 0 atom stereocenters. The predicted octanol–water partition coefficient (Wildman–Crippen LogP) is 7.20. The van der Waals surface area contributed by atoms with E-state index in [0.29, 0.717) is 0 Å². The normalized spacial score (nSPS) is 13.7. The molecular weight excluding hydrogens is 307 g/mol. The fourth-order valence-corrected chi connectivity index (χ4v) is 6.25. The zero-order valence-corrected chi connectivity index (χ0v) is 16.6. The zero-order valence-electron chi connectivity index (χ0n) is 15.0. The topological polar surface area (TPSA) is 0 Å². The van der Waals surface area contributed by atoms with E-state index in [1.807, 2.05) is 0 Å². The van der Waals surface area contributed by atoms with Crippen LogP contribution in [0.5, 0.6) is 0 Å². The number of hydrogen-bond acceptors (Lipinski definition) is 0. The van der Waals surface area contributed by atoms with Crippen molar-refractivity contribution in [2.24, 2.45) is 0 Å². The molecule has 0 aliphatic heterocycles. The first-order valence-electron chi connectivity index (χ1n) is 9.22. The Morgan fingerprint density at radius 3 is 1.68 bits per heavy atom. The van der Waals surface area contributed by atoms with Crippen molar-refractivity contribution >= 4 is 22.5 Å². The van der Waals surface area contributed by atoms with Gasteiger partial charge in [-0.25, -0.2) is 0 Å². The third-order valence-corrected chi connectivity index (χ3v) is 9.30. The van der Waals surface area contributed by atoms with Crippen LogP contribution in [0.3, 0.4) is 0 Å². The summed E-state index contributed by atoms with van der Waals surface area (Å²) in [6.07, 6.45) is 15.1. The van der Waals surface area contributed by atoms with E-state index in [1.165, 1.54) is 75.7 Å². The quantitative estimate of drug-likeness (QED) is 0.278. The van der Waals surface area contributed by atoms with Crippen molar-refractivity contribution in [3.63, 3.8) is 0 Å². The van der Waals surface area contributed by atoms with Crippen molar-refractivity contribution in [2.75, 3.05) is 19.5 Å². The molecule has 0 radical (unpaired) electrons. The Bertz CT molecular complexity index is 391. The number of hydrogen-bond donors (Lipinski definition) is 0. The van der Waals surface area contributed by atoms with Crippen LogP contribution in [0.15, 0.2) is 30.3 Å². The Hall–Kier alpha value is -0.0600. The summed E-state index contributed by atoms with van der Waals surface area (Å²) in [7, 11) is 0. The molecule has 0 spiro atoms. The van der Waals surface area contributed by atoms with Gasteiger partial charge in [-0.05, 0) is 0 Å². The van der Waals surface area contributed by atoms with Crippen LogP contribution in [0, 0.1) is 0 Å². The molecule has 0 aliphatic rings. The molecule has 128 valence electrons. The van der Waals surface area contributed by atoms with Gasteiger partial charge in [0, 0.05) is 0 Å². The SMILES string of the molecule is CCCCCCCCCCCCP(C)(C)(Cl)c1ccccc1. The second kappa shape index (κ2) is 9.94. The summed E-state index contributed by atoms with van der Waals surface area (Å²) in [4.78, 5) is 0. The van der Waals surface area contributed by atoms with Gasteiger partial charge in [-0.3, -0.25) is 0 Å². The van der Waals surface area contributed by atoms with Crippen molar-refractivity contribution in [1.29, 1.82) is 0 Å². The molecule has 0 N–H and O–H groups in total. The molecule has 0 aliphatic carbocycles. The van der Waals surface area contributed by atoms with Crippen LogP contribution in [-0.2, 0) is 0 Å². The third-order valence-electron chi connectivity index (χ3n) is 4.71. The summed E-state index contributed by atoms with van der Waals surface area (Å²) in [6, 6.07) is 10.7. The standard InChI is InChI=1S/C20H36ClP/c1-4-5-6-7-8-9-10-11-12-16-19-22(2,3,21)20-17-14-13-15-18-20/h13-15,17-18H,4-12,16,19H2,1-3H3. The average molecular weight is 343 g/mol. The van der Waals surface area contributed by atoms with E-state index in [-0.39, 0.29) is 0 Å². The van der Waals surface area contributed by atoms with Crippen LogP contribution in [0.1, 0.15) is 71.1 Å². The zero-order chi connectivity index (χ0) is 16.3. The first kappa shape index (κ1) is 20.0. The van der Waals surface area contributed by atoms with E-state index in [2.05, 4.69) is 50.6 Å². The van der Waals surface area contributed by atoms with Gasteiger partial charge in [0.1, 0.15) is 0 Å². The molecule has 0 saturated heterocycles. The van der Waals surface area contributed by atoms with Gasteiger partial charge in [-0.2, -0.15) is 0 Å². The molecule has 22 heavy (non-hydrogen) atoms. The van der Waals surface area contributed by atoms with E-state index >= 15 is 0 Å². The van der Waals surface area contributed by atoms with E-state index in [1.54, 1.807) is 0 Å². The van der Waals surface area contributed by atoms with Crippen LogP contribution in [-0.4, -0.2) is 19.5 Å². The monoisotopic (exact) mass is 342 g/mol. The van der Waals surface area contributed by atoms with Crippen LogP contribution < -0.4 is 5.30 Å². The molecule has 1 aromatic carbocycles. The Labute approximate surface area is 143 Å². The van der Waals surface area contributed by atoms with Crippen LogP contribution >= 0.6 is 17.2 Å². The Morgan fingerprint density at radius 2 is 1.18 bits per heavy atom. The van der Waals surface area contributed by atoms with Crippen molar-refractivity contribution in [1.82, 2.24) is 0 Å². The maximum atomic E-state index is 7.06. The molecule has 0 fully saturated rings. The van der Waals surface area contributed by atoms with Gasteiger partial charge in [0.25, 0.3) is 0 Å². The molecule has 1 rings (SSSR count). The minimum atomic E-state index is -2.17. The number of rotatable bonds is 12. The Morgan fingerprint density at radius 1 is 0.727 bits per heavy atom. The molecule has 0 saturated carbocycles. The molecule has 0 unspecified atom stereocenters. The van der Waals surface area contributed by atoms with Gasteiger partial charge in [0.2, 0.25) is 0 Å². The number of unbranched alkanes of at least 4 members (excludes halogenated alkanes) is 9. The maximum absolute atomic E-state index is 7.06. The van der Waals surface area contributed by atoms with E-state index in [9.17, 15) is 0 Å². The summed E-state index contributed by atoms with van der Waals surface area (Å²) in [6.45, 7) is 6.89. The number of halogens is 1. The predicted molar refractivity (Wildman–Crippen MR) is 107 cm³/mol. The van der Waals surface area contributed by atoms with Gasteiger partial charge in [-0.15, -0.1) is 0 Å². The number of benzene rings is 1. The van der Waals surface area contributed by atoms with Gasteiger partial charge in [-0.1, -0.05) is 0 Å². The van der Waals surface area contributed by atoms with Gasteiger partial charge < -0.3 is 0 Å². The summed E-state index contributed by atoms with van der Waals surface area (Å²) in [5.74, 6) is -2.17. The fraction of sp³-hybridized carbons (Fsp3) is 0.700. The van der Waals surface area contributed by atoms with Crippen LogP contribution in [0.2, 0.25) is 0 Å². The van der Waals surface area contributed by atoms with Gasteiger partial charge >= 0.3 is 143 Å². The molecule has 0 nitrogen and oxygen atoms in total.